The normalized spacial score (nSPS) is 11.2. The van der Waals surface area contributed by atoms with Gasteiger partial charge in [-0.25, -0.2) is 0 Å². The van der Waals surface area contributed by atoms with Gasteiger partial charge in [-0.3, -0.25) is 9.69 Å². The minimum absolute atomic E-state index is 0.0967. The molecule has 4 nitrogen and oxygen atoms in total. The van der Waals surface area contributed by atoms with E-state index in [1.165, 1.54) is 0 Å². The fourth-order valence-electron chi connectivity index (χ4n) is 2.33. The number of carbonyl (C=O) groups is 1. The number of benzene rings is 1. The van der Waals surface area contributed by atoms with E-state index in [0.29, 0.717) is 34.7 Å². The maximum absolute atomic E-state index is 12.1. The number of hydrogen-bond donors (Lipinski definition) is 2. The summed E-state index contributed by atoms with van der Waals surface area (Å²) in [5.41, 5.74) is 6.88. The average Bonchev–Trinajstić information content (AvgIpc) is 2.42. The molecule has 1 rings (SSSR count). The summed E-state index contributed by atoms with van der Waals surface area (Å²) in [6, 6.07) is 8.00. The van der Waals surface area contributed by atoms with Crippen LogP contribution in [0.4, 0.5) is 0 Å². The second-order valence-electron chi connectivity index (χ2n) is 5.63. The largest absolute Gasteiger partial charge is 0.389 e. The summed E-state index contributed by atoms with van der Waals surface area (Å²) in [6.07, 6.45) is 0. The Bertz CT molecular complexity index is 492. The van der Waals surface area contributed by atoms with Gasteiger partial charge in [0.25, 0.3) is 5.91 Å². The van der Waals surface area contributed by atoms with Gasteiger partial charge in [0.1, 0.15) is 4.99 Å². The molecule has 0 heterocycles. The summed E-state index contributed by atoms with van der Waals surface area (Å²) >= 11 is 4.93. The third-order valence-corrected chi connectivity index (χ3v) is 3.63. The lowest BCUT2D eigenvalue weighted by atomic mass is 10.1. The molecule has 0 aliphatic heterocycles. The van der Waals surface area contributed by atoms with E-state index in [9.17, 15) is 4.79 Å². The first-order chi connectivity index (χ1) is 9.82. The second-order valence-corrected chi connectivity index (χ2v) is 6.07. The summed E-state index contributed by atoms with van der Waals surface area (Å²) in [4.78, 5) is 14.8. The van der Waals surface area contributed by atoms with Crippen molar-refractivity contribution in [3.05, 3.63) is 35.4 Å². The zero-order valence-corrected chi connectivity index (χ0v) is 14.0. The Balaban J connectivity index is 2.58. The van der Waals surface area contributed by atoms with E-state index in [2.05, 4.69) is 37.9 Å². The molecule has 3 N–H and O–H groups in total. The second kappa shape index (κ2) is 8.10. The van der Waals surface area contributed by atoms with E-state index in [4.69, 9.17) is 18.0 Å². The molecule has 0 fully saturated rings. The molecule has 0 unspecified atom stereocenters. The third-order valence-electron chi connectivity index (χ3n) is 3.39. The van der Waals surface area contributed by atoms with Crippen LogP contribution in [-0.4, -0.2) is 41.0 Å². The summed E-state index contributed by atoms with van der Waals surface area (Å²) in [7, 11) is 0. The van der Waals surface area contributed by atoms with Crippen molar-refractivity contribution < 1.29 is 4.79 Å². The van der Waals surface area contributed by atoms with Crippen LogP contribution >= 0.6 is 12.2 Å². The Hall–Kier alpha value is -1.46. The number of amides is 1. The molecule has 0 bridgehead atoms. The molecule has 0 spiro atoms. The molecule has 21 heavy (non-hydrogen) atoms. The SMILES string of the molecule is CC(C)N(CCNC(=O)c1cccc(C(N)=S)c1)C(C)C. The highest BCUT2D eigenvalue weighted by Gasteiger charge is 2.13. The molecule has 0 radical (unpaired) electrons. The van der Waals surface area contributed by atoms with Crippen molar-refractivity contribution in [2.24, 2.45) is 5.73 Å². The van der Waals surface area contributed by atoms with Gasteiger partial charge in [0.2, 0.25) is 0 Å². The van der Waals surface area contributed by atoms with E-state index in [0.717, 1.165) is 6.54 Å². The van der Waals surface area contributed by atoms with Crippen molar-refractivity contribution in [3.63, 3.8) is 0 Å². The molecule has 1 aromatic carbocycles. The first kappa shape index (κ1) is 17.6. The number of carbonyl (C=O) groups excluding carboxylic acids is 1. The quantitative estimate of drug-likeness (QED) is 0.758. The number of nitrogens with zero attached hydrogens (tertiary/aromatic N) is 1. The molecule has 1 aromatic rings. The first-order valence-electron chi connectivity index (χ1n) is 7.26. The number of hydrogen-bond acceptors (Lipinski definition) is 3. The van der Waals surface area contributed by atoms with Crippen LogP contribution in [0.1, 0.15) is 43.6 Å². The van der Waals surface area contributed by atoms with Crippen LogP contribution in [0.3, 0.4) is 0 Å². The smallest absolute Gasteiger partial charge is 0.251 e. The lowest BCUT2D eigenvalue weighted by Gasteiger charge is -2.30. The van der Waals surface area contributed by atoms with E-state index in [1.54, 1.807) is 24.3 Å². The maximum atomic E-state index is 12.1. The number of nitrogens with one attached hydrogen (secondary N) is 1. The van der Waals surface area contributed by atoms with Crippen LogP contribution in [0.2, 0.25) is 0 Å². The van der Waals surface area contributed by atoms with Crippen molar-refractivity contribution >= 4 is 23.1 Å². The molecule has 0 aliphatic carbocycles. The van der Waals surface area contributed by atoms with Crippen molar-refractivity contribution in [3.8, 4) is 0 Å². The first-order valence-corrected chi connectivity index (χ1v) is 7.67. The number of nitrogens with two attached hydrogens (primary N) is 1. The van der Waals surface area contributed by atoms with Crippen molar-refractivity contribution in [2.45, 2.75) is 39.8 Å². The van der Waals surface area contributed by atoms with Gasteiger partial charge >= 0.3 is 0 Å². The summed E-state index contributed by atoms with van der Waals surface area (Å²) < 4.78 is 0. The van der Waals surface area contributed by atoms with Gasteiger partial charge in [-0.15, -0.1) is 0 Å². The van der Waals surface area contributed by atoms with Crippen molar-refractivity contribution in [1.29, 1.82) is 0 Å². The van der Waals surface area contributed by atoms with E-state index in [-0.39, 0.29) is 5.91 Å². The molecule has 5 heteroatoms. The molecule has 0 saturated carbocycles. The Morgan fingerprint density at radius 3 is 2.33 bits per heavy atom. The minimum Gasteiger partial charge on any atom is -0.389 e. The minimum atomic E-state index is -0.0967. The number of rotatable bonds is 7. The predicted octanol–water partition coefficient (Wildman–Crippen LogP) is 2.17. The van der Waals surface area contributed by atoms with Gasteiger partial charge < -0.3 is 11.1 Å². The Kier molecular flexibility index (Phi) is 6.78. The van der Waals surface area contributed by atoms with Crippen LogP contribution in [0, 0.1) is 0 Å². The zero-order valence-electron chi connectivity index (χ0n) is 13.2. The Morgan fingerprint density at radius 1 is 1.24 bits per heavy atom. The standard InChI is InChI=1S/C16H25N3OS/c1-11(2)19(12(3)4)9-8-18-16(20)14-7-5-6-13(10-14)15(17)21/h5-7,10-12H,8-9H2,1-4H3,(H2,17,21)(H,18,20). The topological polar surface area (TPSA) is 58.4 Å². The van der Waals surface area contributed by atoms with Crippen LogP contribution in [0.15, 0.2) is 24.3 Å². The lowest BCUT2D eigenvalue weighted by Crippen LogP contribution is -2.42. The van der Waals surface area contributed by atoms with Gasteiger partial charge in [0, 0.05) is 36.3 Å². The summed E-state index contributed by atoms with van der Waals surface area (Å²) in [5, 5.41) is 2.94. The van der Waals surface area contributed by atoms with Crippen LogP contribution in [0.25, 0.3) is 0 Å². The lowest BCUT2D eigenvalue weighted by molar-refractivity contribution is 0.0939. The van der Waals surface area contributed by atoms with Gasteiger partial charge in [0.05, 0.1) is 0 Å². The Labute approximate surface area is 132 Å². The average molecular weight is 307 g/mol. The van der Waals surface area contributed by atoms with Crippen LogP contribution in [-0.2, 0) is 0 Å². The zero-order chi connectivity index (χ0) is 16.0. The van der Waals surface area contributed by atoms with Crippen LogP contribution in [0.5, 0.6) is 0 Å². The maximum Gasteiger partial charge on any atom is 0.251 e. The van der Waals surface area contributed by atoms with Gasteiger partial charge in [-0.1, -0.05) is 24.4 Å². The highest BCUT2D eigenvalue weighted by atomic mass is 32.1. The van der Waals surface area contributed by atoms with E-state index < -0.39 is 0 Å². The molecule has 0 saturated heterocycles. The Morgan fingerprint density at radius 2 is 1.81 bits per heavy atom. The van der Waals surface area contributed by atoms with Crippen molar-refractivity contribution in [1.82, 2.24) is 10.2 Å². The summed E-state index contributed by atoms with van der Waals surface area (Å²) in [6.45, 7) is 10.1. The molecule has 0 aliphatic rings. The third kappa shape index (κ3) is 5.44. The molecular weight excluding hydrogens is 282 g/mol. The van der Waals surface area contributed by atoms with E-state index in [1.807, 2.05) is 0 Å². The number of thiocarbonyl (C=S) groups is 1. The molecule has 1 amide bonds. The van der Waals surface area contributed by atoms with E-state index >= 15 is 0 Å². The molecule has 116 valence electrons. The molecular formula is C16H25N3OS. The predicted molar refractivity (Wildman–Crippen MR) is 91.6 cm³/mol. The van der Waals surface area contributed by atoms with Gasteiger partial charge in [-0.2, -0.15) is 0 Å². The molecule has 0 atom stereocenters. The fourth-order valence-corrected chi connectivity index (χ4v) is 2.45. The monoisotopic (exact) mass is 307 g/mol. The highest BCUT2D eigenvalue weighted by molar-refractivity contribution is 7.80. The van der Waals surface area contributed by atoms with Gasteiger partial charge in [-0.05, 0) is 39.8 Å². The van der Waals surface area contributed by atoms with Crippen molar-refractivity contribution in [2.75, 3.05) is 13.1 Å². The fraction of sp³-hybridized carbons (Fsp3) is 0.500. The van der Waals surface area contributed by atoms with Crippen LogP contribution < -0.4 is 11.1 Å². The highest BCUT2D eigenvalue weighted by Crippen LogP contribution is 2.06. The summed E-state index contributed by atoms with van der Waals surface area (Å²) in [5.74, 6) is -0.0967. The van der Waals surface area contributed by atoms with Gasteiger partial charge in [0.15, 0.2) is 0 Å². The molecule has 0 aromatic heterocycles.